The van der Waals surface area contributed by atoms with Crippen molar-refractivity contribution in [1.29, 1.82) is 0 Å². The maximum atomic E-state index is 12.4. The summed E-state index contributed by atoms with van der Waals surface area (Å²) in [5.41, 5.74) is 0.739. The zero-order valence-corrected chi connectivity index (χ0v) is 15.0. The van der Waals surface area contributed by atoms with Crippen molar-refractivity contribution in [2.75, 3.05) is 13.1 Å². The van der Waals surface area contributed by atoms with Gasteiger partial charge in [-0.2, -0.15) is 9.04 Å². The standard InChI is InChI=1S/C17H21N3O4S/c1-3-19(4-2)25(23,24)15-10-8-14(9-11-15)13-18-17(21)16-7-5-6-12-20(16)22/h5-12H,3-4,13H2,1-2H3,(H,18,21). The summed E-state index contributed by atoms with van der Waals surface area (Å²) < 4.78 is 26.7. The van der Waals surface area contributed by atoms with Gasteiger partial charge in [-0.15, -0.1) is 0 Å². The molecule has 2 aromatic rings. The highest BCUT2D eigenvalue weighted by Crippen LogP contribution is 2.16. The molecule has 0 radical (unpaired) electrons. The van der Waals surface area contributed by atoms with Crippen LogP contribution in [0.3, 0.4) is 0 Å². The maximum Gasteiger partial charge on any atom is 0.317 e. The van der Waals surface area contributed by atoms with Crippen LogP contribution in [0.5, 0.6) is 0 Å². The van der Waals surface area contributed by atoms with Crippen LogP contribution in [0.4, 0.5) is 0 Å². The summed E-state index contributed by atoms with van der Waals surface area (Å²) in [6, 6.07) is 10.9. The van der Waals surface area contributed by atoms with Crippen LogP contribution in [0, 0.1) is 5.21 Å². The number of sulfonamides is 1. The number of rotatable bonds is 7. The van der Waals surface area contributed by atoms with Crippen molar-refractivity contribution < 1.29 is 17.9 Å². The number of nitrogens with one attached hydrogen (secondary N) is 1. The smallest absolute Gasteiger partial charge is 0.317 e. The number of aromatic nitrogens is 1. The van der Waals surface area contributed by atoms with E-state index < -0.39 is 15.9 Å². The second-order valence-corrected chi connectivity index (χ2v) is 7.27. The molecule has 8 heteroatoms. The first-order chi connectivity index (χ1) is 11.9. The Labute approximate surface area is 147 Å². The summed E-state index contributed by atoms with van der Waals surface area (Å²) in [4.78, 5) is 12.2. The molecule has 1 N–H and O–H groups in total. The maximum absolute atomic E-state index is 12.4. The molecule has 0 saturated heterocycles. The predicted molar refractivity (Wildman–Crippen MR) is 93.1 cm³/mol. The number of carbonyl (C=O) groups is 1. The highest BCUT2D eigenvalue weighted by Gasteiger charge is 2.21. The van der Waals surface area contributed by atoms with E-state index in [2.05, 4.69) is 5.32 Å². The molecule has 1 amide bonds. The molecule has 25 heavy (non-hydrogen) atoms. The number of benzene rings is 1. The second kappa shape index (κ2) is 8.09. The highest BCUT2D eigenvalue weighted by molar-refractivity contribution is 7.89. The summed E-state index contributed by atoms with van der Waals surface area (Å²) in [5, 5.41) is 14.2. The normalized spacial score (nSPS) is 11.5. The van der Waals surface area contributed by atoms with Crippen molar-refractivity contribution in [1.82, 2.24) is 9.62 Å². The van der Waals surface area contributed by atoms with Crippen molar-refractivity contribution in [3.8, 4) is 0 Å². The number of nitrogens with zero attached hydrogens (tertiary/aromatic N) is 2. The number of hydrogen-bond acceptors (Lipinski definition) is 4. The molecule has 0 aliphatic carbocycles. The number of pyridine rings is 1. The van der Waals surface area contributed by atoms with E-state index in [0.29, 0.717) is 17.8 Å². The van der Waals surface area contributed by atoms with Crippen molar-refractivity contribution in [2.45, 2.75) is 25.3 Å². The summed E-state index contributed by atoms with van der Waals surface area (Å²) in [5.74, 6) is -0.490. The van der Waals surface area contributed by atoms with Gasteiger partial charge in [0.1, 0.15) is 0 Å². The van der Waals surface area contributed by atoms with Gasteiger partial charge in [0.2, 0.25) is 10.0 Å². The predicted octanol–water partition coefficient (Wildman–Crippen LogP) is 1.28. The van der Waals surface area contributed by atoms with Crippen LogP contribution in [0.15, 0.2) is 53.6 Å². The minimum Gasteiger partial charge on any atom is -0.618 e. The summed E-state index contributed by atoms with van der Waals surface area (Å²) >= 11 is 0. The zero-order chi connectivity index (χ0) is 18.4. The minimum absolute atomic E-state index is 0.00299. The Morgan fingerprint density at radius 2 is 1.76 bits per heavy atom. The van der Waals surface area contributed by atoms with Crippen molar-refractivity contribution in [2.24, 2.45) is 0 Å². The van der Waals surface area contributed by atoms with E-state index in [-0.39, 0.29) is 17.1 Å². The van der Waals surface area contributed by atoms with Crippen molar-refractivity contribution >= 4 is 15.9 Å². The molecule has 0 bridgehead atoms. The van der Waals surface area contributed by atoms with Crippen molar-refractivity contribution in [3.05, 3.63) is 65.1 Å². The first-order valence-corrected chi connectivity index (χ1v) is 9.39. The van der Waals surface area contributed by atoms with Gasteiger partial charge in [0, 0.05) is 31.8 Å². The average molecular weight is 363 g/mol. The molecule has 0 saturated carbocycles. The van der Waals surface area contributed by atoms with Gasteiger partial charge in [-0.05, 0) is 23.8 Å². The quantitative estimate of drug-likeness (QED) is 0.592. The molecule has 0 aliphatic rings. The molecule has 0 unspecified atom stereocenters. The molecule has 0 aliphatic heterocycles. The van der Waals surface area contributed by atoms with Crippen molar-refractivity contribution in [3.63, 3.8) is 0 Å². The Hall–Kier alpha value is -2.45. The third-order valence-electron chi connectivity index (χ3n) is 3.78. The lowest BCUT2D eigenvalue weighted by Gasteiger charge is -2.18. The molecule has 0 spiro atoms. The Kier molecular flexibility index (Phi) is 6.11. The molecule has 1 heterocycles. The second-order valence-electron chi connectivity index (χ2n) is 5.33. The van der Waals surface area contributed by atoms with Crippen LogP contribution >= 0.6 is 0 Å². The first-order valence-electron chi connectivity index (χ1n) is 7.95. The average Bonchev–Trinajstić information content (AvgIpc) is 2.61. The Morgan fingerprint density at radius 1 is 1.12 bits per heavy atom. The molecule has 1 aromatic heterocycles. The lowest BCUT2D eigenvalue weighted by atomic mass is 10.2. The summed E-state index contributed by atoms with van der Waals surface area (Å²) in [7, 11) is -3.50. The third kappa shape index (κ3) is 4.34. The first kappa shape index (κ1) is 18.9. The minimum atomic E-state index is -3.50. The SMILES string of the molecule is CCN(CC)S(=O)(=O)c1ccc(CNC(=O)c2cccc[n+]2[O-])cc1. The third-order valence-corrected chi connectivity index (χ3v) is 5.84. The molecule has 0 fully saturated rings. The molecule has 1 aromatic carbocycles. The lowest BCUT2D eigenvalue weighted by molar-refractivity contribution is -0.607. The van der Waals surface area contributed by atoms with Gasteiger partial charge in [-0.3, -0.25) is 4.79 Å². The largest absolute Gasteiger partial charge is 0.618 e. The molecular formula is C17H21N3O4S. The summed E-state index contributed by atoms with van der Waals surface area (Å²) in [6.07, 6.45) is 1.25. The van der Waals surface area contributed by atoms with Crippen LogP contribution < -0.4 is 10.0 Å². The number of carbonyl (C=O) groups excluding carboxylic acids is 1. The number of amides is 1. The van der Waals surface area contributed by atoms with Gasteiger partial charge in [0.05, 0.1) is 4.90 Å². The van der Waals surface area contributed by atoms with E-state index in [1.807, 2.05) is 0 Å². The van der Waals surface area contributed by atoms with Crippen LogP contribution in [-0.4, -0.2) is 31.7 Å². The zero-order valence-electron chi connectivity index (χ0n) is 14.2. The van der Waals surface area contributed by atoms with Gasteiger partial charge < -0.3 is 10.5 Å². The van der Waals surface area contributed by atoms with Crippen LogP contribution in [0.1, 0.15) is 29.9 Å². The van der Waals surface area contributed by atoms with Crippen LogP contribution in [0.25, 0.3) is 0 Å². The van der Waals surface area contributed by atoms with Gasteiger partial charge in [-0.1, -0.05) is 26.0 Å². The van der Waals surface area contributed by atoms with Gasteiger partial charge in [-0.25, -0.2) is 8.42 Å². The number of hydrogen-bond donors (Lipinski definition) is 1. The Morgan fingerprint density at radius 3 is 2.32 bits per heavy atom. The van der Waals surface area contributed by atoms with E-state index in [9.17, 15) is 18.4 Å². The Balaban J connectivity index is 2.06. The molecular weight excluding hydrogens is 342 g/mol. The van der Waals surface area contributed by atoms with E-state index in [1.165, 1.54) is 28.7 Å². The molecule has 2 rings (SSSR count). The van der Waals surface area contributed by atoms with Gasteiger partial charge >= 0.3 is 5.91 Å². The lowest BCUT2D eigenvalue weighted by Crippen LogP contribution is -2.38. The van der Waals surface area contributed by atoms with Gasteiger partial charge in [0.25, 0.3) is 5.69 Å². The Bertz CT molecular complexity index is 831. The fourth-order valence-corrected chi connectivity index (χ4v) is 3.83. The van der Waals surface area contributed by atoms with E-state index in [1.54, 1.807) is 38.1 Å². The van der Waals surface area contributed by atoms with Crippen LogP contribution in [-0.2, 0) is 16.6 Å². The van der Waals surface area contributed by atoms with Crippen LogP contribution in [0.2, 0.25) is 0 Å². The molecule has 0 atom stereocenters. The molecule has 134 valence electrons. The fourth-order valence-electron chi connectivity index (χ4n) is 2.37. The summed E-state index contributed by atoms with van der Waals surface area (Å²) in [6.45, 7) is 4.58. The monoisotopic (exact) mass is 363 g/mol. The van der Waals surface area contributed by atoms with E-state index in [0.717, 1.165) is 5.56 Å². The highest BCUT2D eigenvalue weighted by atomic mass is 32.2. The van der Waals surface area contributed by atoms with Gasteiger partial charge in [0.15, 0.2) is 6.20 Å². The topological polar surface area (TPSA) is 93.4 Å². The fraction of sp³-hybridized carbons (Fsp3) is 0.294. The molecule has 7 nitrogen and oxygen atoms in total. The van der Waals surface area contributed by atoms with E-state index in [4.69, 9.17) is 0 Å². The van der Waals surface area contributed by atoms with E-state index >= 15 is 0 Å².